The van der Waals surface area contributed by atoms with Crippen molar-refractivity contribution in [2.24, 2.45) is 0 Å². The number of aryl methyl sites for hydroxylation is 1. The third-order valence-electron chi connectivity index (χ3n) is 2.38. The lowest BCUT2D eigenvalue weighted by Crippen LogP contribution is -2.12. The minimum Gasteiger partial charge on any atom is -0.375 e. The summed E-state index contributed by atoms with van der Waals surface area (Å²) in [5.41, 5.74) is 6.75. The summed E-state index contributed by atoms with van der Waals surface area (Å²) in [6.07, 6.45) is 0.784. The van der Waals surface area contributed by atoms with Crippen molar-refractivity contribution in [3.8, 4) is 0 Å². The highest BCUT2D eigenvalue weighted by molar-refractivity contribution is 7.13. The first-order chi connectivity index (χ1) is 9.04. The molecule has 0 spiro atoms. The zero-order valence-electron chi connectivity index (χ0n) is 9.82. The molecule has 0 bridgehead atoms. The number of anilines is 2. The van der Waals surface area contributed by atoms with Crippen molar-refractivity contribution in [2.45, 2.75) is 12.8 Å². The summed E-state index contributed by atoms with van der Waals surface area (Å²) >= 11 is 6.96. The molecule has 1 amide bonds. The first-order valence-corrected chi connectivity index (χ1v) is 6.75. The second kappa shape index (κ2) is 5.99. The van der Waals surface area contributed by atoms with E-state index < -0.39 is 5.82 Å². The van der Waals surface area contributed by atoms with Gasteiger partial charge in [0, 0.05) is 17.5 Å². The zero-order chi connectivity index (χ0) is 13.8. The topological polar surface area (TPSA) is 68.0 Å². The van der Waals surface area contributed by atoms with Gasteiger partial charge in [0.15, 0.2) is 5.13 Å². The average molecular weight is 300 g/mol. The largest absolute Gasteiger partial charge is 0.375 e. The molecule has 0 saturated carbocycles. The highest BCUT2D eigenvalue weighted by Gasteiger charge is 2.07. The van der Waals surface area contributed by atoms with Gasteiger partial charge in [-0.25, -0.2) is 9.37 Å². The SMILES string of the molecule is Nc1nc(CCC(=O)Nc2ccc(F)c(Cl)c2)cs1. The number of carbonyl (C=O) groups is 1. The maximum Gasteiger partial charge on any atom is 0.224 e. The van der Waals surface area contributed by atoms with E-state index in [1.165, 1.54) is 29.5 Å². The van der Waals surface area contributed by atoms with Crippen LogP contribution in [-0.4, -0.2) is 10.9 Å². The Morgan fingerprint density at radius 3 is 2.95 bits per heavy atom. The van der Waals surface area contributed by atoms with Crippen molar-refractivity contribution in [2.75, 3.05) is 11.1 Å². The maximum absolute atomic E-state index is 12.9. The molecule has 4 nitrogen and oxygen atoms in total. The number of hydrogen-bond donors (Lipinski definition) is 2. The molecule has 0 unspecified atom stereocenters. The van der Waals surface area contributed by atoms with E-state index in [-0.39, 0.29) is 17.4 Å². The third kappa shape index (κ3) is 3.90. The summed E-state index contributed by atoms with van der Waals surface area (Å²) < 4.78 is 12.9. The fraction of sp³-hybridized carbons (Fsp3) is 0.167. The lowest BCUT2D eigenvalue weighted by atomic mass is 10.2. The van der Waals surface area contributed by atoms with Gasteiger partial charge in [0.05, 0.1) is 10.7 Å². The molecule has 0 aliphatic heterocycles. The predicted octanol–water partition coefficient (Wildman–Crippen LogP) is 3.09. The van der Waals surface area contributed by atoms with Crippen molar-refractivity contribution in [3.05, 3.63) is 40.1 Å². The Kier molecular flexibility index (Phi) is 4.34. The van der Waals surface area contributed by atoms with Crippen LogP contribution in [0.2, 0.25) is 5.02 Å². The Morgan fingerprint density at radius 1 is 1.53 bits per heavy atom. The molecule has 0 atom stereocenters. The van der Waals surface area contributed by atoms with Crippen molar-refractivity contribution in [1.29, 1.82) is 0 Å². The number of carbonyl (C=O) groups excluding carboxylic acids is 1. The van der Waals surface area contributed by atoms with Gasteiger partial charge >= 0.3 is 0 Å². The smallest absolute Gasteiger partial charge is 0.224 e. The Morgan fingerprint density at radius 2 is 2.32 bits per heavy atom. The molecule has 7 heteroatoms. The Bertz CT molecular complexity index is 602. The molecule has 2 rings (SSSR count). The summed E-state index contributed by atoms with van der Waals surface area (Å²) in [6.45, 7) is 0. The van der Waals surface area contributed by atoms with Gasteiger partial charge in [-0.05, 0) is 24.6 Å². The van der Waals surface area contributed by atoms with E-state index in [0.717, 1.165) is 5.69 Å². The summed E-state index contributed by atoms with van der Waals surface area (Å²) in [7, 11) is 0. The van der Waals surface area contributed by atoms with E-state index in [0.29, 0.717) is 17.2 Å². The second-order valence-corrected chi connectivity index (χ2v) is 5.15. The van der Waals surface area contributed by atoms with Crippen LogP contribution in [0.15, 0.2) is 23.6 Å². The molecule has 0 aliphatic rings. The number of halogens is 2. The quantitative estimate of drug-likeness (QED) is 0.911. The predicted molar refractivity (Wildman–Crippen MR) is 74.9 cm³/mol. The second-order valence-electron chi connectivity index (χ2n) is 3.85. The Hall–Kier alpha value is -1.66. The highest BCUT2D eigenvalue weighted by Crippen LogP contribution is 2.19. The molecule has 3 N–H and O–H groups in total. The third-order valence-corrected chi connectivity index (χ3v) is 3.39. The molecule has 1 aromatic carbocycles. The van der Waals surface area contributed by atoms with Gasteiger partial charge in [0.25, 0.3) is 0 Å². The average Bonchev–Trinajstić information content (AvgIpc) is 2.77. The molecule has 0 saturated heterocycles. The van der Waals surface area contributed by atoms with Crippen LogP contribution in [0.1, 0.15) is 12.1 Å². The normalized spacial score (nSPS) is 10.4. The fourth-order valence-electron chi connectivity index (χ4n) is 1.48. The van der Waals surface area contributed by atoms with E-state index in [4.69, 9.17) is 17.3 Å². The van der Waals surface area contributed by atoms with Crippen LogP contribution < -0.4 is 11.1 Å². The van der Waals surface area contributed by atoms with E-state index >= 15 is 0 Å². The van der Waals surface area contributed by atoms with Crippen LogP contribution in [-0.2, 0) is 11.2 Å². The van der Waals surface area contributed by atoms with Gasteiger partial charge in [0.1, 0.15) is 5.82 Å². The lowest BCUT2D eigenvalue weighted by Gasteiger charge is -2.05. The van der Waals surface area contributed by atoms with Gasteiger partial charge in [-0.2, -0.15) is 0 Å². The number of thiazole rings is 1. The minimum atomic E-state index is -0.516. The van der Waals surface area contributed by atoms with Gasteiger partial charge in [0.2, 0.25) is 5.91 Å². The fourth-order valence-corrected chi connectivity index (χ4v) is 2.25. The van der Waals surface area contributed by atoms with Crippen LogP contribution in [0, 0.1) is 5.82 Å². The summed E-state index contributed by atoms with van der Waals surface area (Å²) in [4.78, 5) is 15.7. The summed E-state index contributed by atoms with van der Waals surface area (Å²) in [5.74, 6) is -0.702. The first-order valence-electron chi connectivity index (χ1n) is 5.49. The van der Waals surface area contributed by atoms with E-state index in [9.17, 15) is 9.18 Å². The van der Waals surface area contributed by atoms with E-state index in [2.05, 4.69) is 10.3 Å². The highest BCUT2D eigenvalue weighted by atomic mass is 35.5. The summed E-state index contributed by atoms with van der Waals surface area (Å²) in [6, 6.07) is 4.04. The van der Waals surface area contributed by atoms with E-state index in [1.807, 2.05) is 5.38 Å². The number of nitrogen functional groups attached to an aromatic ring is 1. The minimum absolute atomic E-state index is 0.0231. The molecule has 2 aromatic rings. The molecular formula is C12H11ClFN3OS. The standard InChI is InChI=1S/C12H11ClFN3OS/c13-9-5-7(1-3-10(9)14)16-11(18)4-2-8-6-19-12(15)17-8/h1,3,5-6H,2,4H2,(H2,15,17)(H,16,18). The van der Waals surface area contributed by atoms with Crippen LogP contribution in [0.5, 0.6) is 0 Å². The molecule has 0 radical (unpaired) electrons. The number of nitrogens with two attached hydrogens (primary N) is 1. The van der Waals surface area contributed by atoms with Crippen LogP contribution in [0.4, 0.5) is 15.2 Å². The number of rotatable bonds is 4. The number of nitrogens with zero attached hydrogens (tertiary/aromatic N) is 1. The van der Waals surface area contributed by atoms with Gasteiger partial charge in [-0.15, -0.1) is 11.3 Å². The Labute approximate surface area is 118 Å². The molecular weight excluding hydrogens is 289 g/mol. The number of aromatic nitrogens is 1. The first kappa shape index (κ1) is 13.8. The molecule has 1 aromatic heterocycles. The summed E-state index contributed by atoms with van der Waals surface area (Å²) in [5, 5.41) is 4.92. The lowest BCUT2D eigenvalue weighted by molar-refractivity contribution is -0.116. The van der Waals surface area contributed by atoms with Gasteiger partial charge in [-0.3, -0.25) is 4.79 Å². The van der Waals surface area contributed by atoms with Crippen molar-refractivity contribution in [3.63, 3.8) is 0 Å². The van der Waals surface area contributed by atoms with Gasteiger partial charge in [-0.1, -0.05) is 11.6 Å². The molecule has 1 heterocycles. The Balaban J connectivity index is 1.88. The molecule has 19 heavy (non-hydrogen) atoms. The van der Waals surface area contributed by atoms with Crippen LogP contribution in [0.25, 0.3) is 0 Å². The van der Waals surface area contributed by atoms with E-state index in [1.54, 1.807) is 0 Å². The number of amides is 1. The molecule has 0 aliphatic carbocycles. The van der Waals surface area contributed by atoms with Crippen molar-refractivity contribution < 1.29 is 9.18 Å². The van der Waals surface area contributed by atoms with Crippen LogP contribution in [0.3, 0.4) is 0 Å². The number of nitrogens with one attached hydrogen (secondary N) is 1. The molecule has 100 valence electrons. The monoisotopic (exact) mass is 299 g/mol. The maximum atomic E-state index is 12.9. The van der Waals surface area contributed by atoms with Gasteiger partial charge < -0.3 is 11.1 Å². The number of hydrogen-bond acceptors (Lipinski definition) is 4. The molecule has 0 fully saturated rings. The van der Waals surface area contributed by atoms with Crippen molar-refractivity contribution in [1.82, 2.24) is 4.98 Å². The number of benzene rings is 1. The van der Waals surface area contributed by atoms with Crippen molar-refractivity contribution >= 4 is 39.7 Å². The van der Waals surface area contributed by atoms with Crippen LogP contribution >= 0.6 is 22.9 Å². The zero-order valence-corrected chi connectivity index (χ0v) is 11.4.